The number of rotatable bonds is 8. The van der Waals surface area contributed by atoms with Gasteiger partial charge in [0, 0.05) is 16.6 Å². The fourth-order valence-corrected chi connectivity index (χ4v) is 7.67. The van der Waals surface area contributed by atoms with Crippen LogP contribution in [0.1, 0.15) is 25.7 Å². The molecule has 1 saturated carbocycles. The molecule has 1 amide bonds. The summed E-state index contributed by atoms with van der Waals surface area (Å²) in [5.41, 5.74) is 0.0620. The zero-order chi connectivity index (χ0) is 21.7. The van der Waals surface area contributed by atoms with Gasteiger partial charge >= 0.3 is 0 Å². The molecule has 1 aliphatic carbocycles. The molecule has 0 radical (unpaired) electrons. The monoisotopic (exact) mass is 459 g/mol. The second kappa shape index (κ2) is 9.82. The number of amides is 1. The van der Waals surface area contributed by atoms with Gasteiger partial charge < -0.3 is 5.32 Å². The zero-order valence-corrected chi connectivity index (χ0v) is 18.8. The van der Waals surface area contributed by atoms with Gasteiger partial charge in [0.1, 0.15) is 6.54 Å². The van der Waals surface area contributed by atoms with Crippen molar-refractivity contribution in [2.45, 2.75) is 30.6 Å². The zero-order valence-electron chi connectivity index (χ0n) is 16.4. The minimum atomic E-state index is -4.00. The number of nitrogens with one attached hydrogen (secondary N) is 1. The van der Waals surface area contributed by atoms with Gasteiger partial charge in [0.15, 0.2) is 0 Å². The maximum absolute atomic E-state index is 12.3. The molecular weight excluding hydrogens is 434 g/mol. The molecule has 160 valence electrons. The number of anilines is 1. The van der Waals surface area contributed by atoms with E-state index >= 15 is 0 Å². The largest absolute Gasteiger partial charge is 0.343 e. The van der Waals surface area contributed by atoms with Crippen molar-refractivity contribution in [1.82, 2.24) is 5.32 Å². The highest BCUT2D eigenvalue weighted by Crippen LogP contribution is 2.35. The van der Waals surface area contributed by atoms with Crippen LogP contribution in [0, 0.1) is 23.2 Å². The van der Waals surface area contributed by atoms with Crippen molar-refractivity contribution in [2.75, 3.05) is 28.5 Å². The molecule has 2 atom stereocenters. The minimum absolute atomic E-state index is 0.00986. The molecule has 1 fully saturated rings. The average molecular weight is 460 g/mol. The fourth-order valence-electron chi connectivity index (χ4n) is 3.53. The van der Waals surface area contributed by atoms with E-state index in [1.807, 2.05) is 6.07 Å². The first-order valence-corrected chi connectivity index (χ1v) is 13.8. The van der Waals surface area contributed by atoms with Gasteiger partial charge in [0.25, 0.3) is 0 Å². The number of hydrogen-bond acceptors (Lipinski definition) is 7. The number of carbonyl (C=O) groups excluding carboxylic acids is 1. The van der Waals surface area contributed by atoms with Crippen LogP contribution < -0.4 is 9.03 Å². The van der Waals surface area contributed by atoms with Crippen molar-refractivity contribution < 1.29 is 21.6 Å². The number of hydrogen-bond donors (Lipinski definition) is 1. The Morgan fingerprint density at radius 2 is 1.86 bits per heavy atom. The van der Waals surface area contributed by atoms with Gasteiger partial charge in [-0.15, -0.1) is 11.8 Å². The van der Waals surface area contributed by atoms with Gasteiger partial charge in [-0.1, -0.05) is 18.9 Å². The van der Waals surface area contributed by atoms with Crippen molar-refractivity contribution in [3.05, 3.63) is 24.3 Å². The summed E-state index contributed by atoms with van der Waals surface area (Å²) >= 11 is 1.46. The molecule has 1 aromatic rings. The molecule has 0 heterocycles. The molecule has 0 unspecified atom stereocenters. The number of carbonyl (C=O) groups is 1. The van der Waals surface area contributed by atoms with E-state index in [1.165, 1.54) is 23.9 Å². The van der Waals surface area contributed by atoms with Gasteiger partial charge in [-0.05, 0) is 37.0 Å². The van der Waals surface area contributed by atoms with Crippen LogP contribution in [0.2, 0.25) is 0 Å². The average Bonchev–Trinajstić information content (AvgIpc) is 2.62. The molecule has 29 heavy (non-hydrogen) atoms. The van der Waals surface area contributed by atoms with E-state index in [0.29, 0.717) is 9.46 Å². The Kier molecular flexibility index (Phi) is 7.96. The third kappa shape index (κ3) is 6.62. The number of benzene rings is 1. The Morgan fingerprint density at radius 3 is 2.48 bits per heavy atom. The Labute approximate surface area is 176 Å². The van der Waals surface area contributed by atoms with Crippen LogP contribution in [-0.4, -0.2) is 47.6 Å². The highest BCUT2D eigenvalue weighted by molar-refractivity contribution is 8.09. The summed E-state index contributed by atoms with van der Waals surface area (Å²) in [4.78, 5) is 13.1. The van der Waals surface area contributed by atoms with E-state index in [1.54, 1.807) is 12.1 Å². The smallest absolute Gasteiger partial charge is 0.245 e. The fraction of sp³-hybridized carbons (Fsp3) is 0.556. The molecule has 1 aliphatic rings. The summed E-state index contributed by atoms with van der Waals surface area (Å²) in [7, 11) is -8.00. The van der Waals surface area contributed by atoms with Crippen molar-refractivity contribution in [2.24, 2.45) is 11.8 Å². The molecule has 2 rings (SSSR count). The first-order chi connectivity index (χ1) is 13.5. The molecule has 1 N–H and O–H groups in total. The van der Waals surface area contributed by atoms with Crippen LogP contribution in [0.25, 0.3) is 0 Å². The van der Waals surface area contributed by atoms with Crippen LogP contribution in [0.4, 0.5) is 5.69 Å². The lowest BCUT2D eigenvalue weighted by molar-refractivity contribution is -0.127. The van der Waals surface area contributed by atoms with Crippen molar-refractivity contribution in [3.63, 3.8) is 0 Å². The summed E-state index contributed by atoms with van der Waals surface area (Å²) in [6.07, 6.45) is 5.37. The summed E-state index contributed by atoms with van der Waals surface area (Å²) in [6, 6.07) is 8.27. The SMILES string of the molecule is CS(=O)(=O)N(c1cccc(SC[C@H]2CCCC[C@@H]2C(=O)NCC#N)c1)S(C)(=O)=O. The van der Waals surface area contributed by atoms with Crippen LogP contribution in [0.5, 0.6) is 0 Å². The molecule has 0 spiro atoms. The lowest BCUT2D eigenvalue weighted by atomic mass is 9.80. The summed E-state index contributed by atoms with van der Waals surface area (Å²) in [5, 5.41) is 11.3. The van der Waals surface area contributed by atoms with Gasteiger partial charge in [-0.25, -0.2) is 16.8 Å². The normalized spacial score (nSPS) is 19.9. The Bertz CT molecular complexity index is 954. The minimum Gasteiger partial charge on any atom is -0.343 e. The van der Waals surface area contributed by atoms with Crippen molar-refractivity contribution >= 4 is 43.4 Å². The second-order valence-electron chi connectivity index (χ2n) is 7.06. The van der Waals surface area contributed by atoms with Crippen molar-refractivity contribution in [3.8, 4) is 6.07 Å². The maximum Gasteiger partial charge on any atom is 0.245 e. The van der Waals surface area contributed by atoms with E-state index in [-0.39, 0.29) is 30.0 Å². The van der Waals surface area contributed by atoms with E-state index < -0.39 is 20.0 Å². The van der Waals surface area contributed by atoms with E-state index in [0.717, 1.165) is 43.1 Å². The summed E-state index contributed by atoms with van der Waals surface area (Å²) < 4.78 is 48.3. The van der Waals surface area contributed by atoms with Crippen molar-refractivity contribution in [1.29, 1.82) is 5.26 Å². The maximum atomic E-state index is 12.3. The Morgan fingerprint density at radius 1 is 1.21 bits per heavy atom. The third-order valence-electron chi connectivity index (χ3n) is 4.68. The number of nitriles is 1. The van der Waals surface area contributed by atoms with Gasteiger partial charge in [0.05, 0.1) is 24.3 Å². The number of thioether (sulfide) groups is 1. The molecule has 1 aromatic carbocycles. The molecule has 11 heteroatoms. The third-order valence-corrected chi connectivity index (χ3v) is 9.12. The van der Waals surface area contributed by atoms with Crippen LogP contribution in [-0.2, 0) is 24.8 Å². The molecule has 0 aliphatic heterocycles. The first-order valence-electron chi connectivity index (χ1n) is 9.12. The summed E-state index contributed by atoms with van der Waals surface area (Å²) in [5.74, 6) is 0.519. The van der Waals surface area contributed by atoms with E-state index in [4.69, 9.17) is 5.26 Å². The van der Waals surface area contributed by atoms with Crippen LogP contribution >= 0.6 is 11.8 Å². The lowest BCUT2D eigenvalue weighted by Gasteiger charge is -2.30. The van der Waals surface area contributed by atoms with E-state index in [2.05, 4.69) is 5.32 Å². The Balaban J connectivity index is 2.15. The topological polar surface area (TPSA) is 124 Å². The molecule has 0 saturated heterocycles. The molecular formula is C18H25N3O5S3. The Hall–Kier alpha value is -1.77. The highest BCUT2D eigenvalue weighted by atomic mass is 32.3. The molecule has 8 nitrogen and oxygen atoms in total. The summed E-state index contributed by atoms with van der Waals surface area (Å²) in [6.45, 7) is -0.00986. The molecule has 0 aromatic heterocycles. The second-order valence-corrected chi connectivity index (χ2v) is 12.0. The predicted octanol–water partition coefficient (Wildman–Crippen LogP) is 1.95. The number of nitrogens with zero attached hydrogens (tertiary/aromatic N) is 2. The van der Waals surface area contributed by atoms with Crippen LogP contribution in [0.15, 0.2) is 29.2 Å². The van der Waals surface area contributed by atoms with Gasteiger partial charge in [-0.2, -0.15) is 8.97 Å². The number of sulfonamides is 2. The lowest BCUT2D eigenvalue weighted by Crippen LogP contribution is -2.37. The van der Waals surface area contributed by atoms with E-state index in [9.17, 15) is 21.6 Å². The van der Waals surface area contributed by atoms with Gasteiger partial charge in [-0.3, -0.25) is 4.79 Å². The van der Waals surface area contributed by atoms with Gasteiger partial charge in [0.2, 0.25) is 26.0 Å². The predicted molar refractivity (Wildman–Crippen MR) is 113 cm³/mol. The highest BCUT2D eigenvalue weighted by Gasteiger charge is 2.31. The standard InChI is InChI=1S/C18H25N3O5S3/c1-28(23,24)21(29(2,25)26)15-7-5-8-16(12-15)27-13-14-6-3-4-9-17(14)18(22)20-11-10-19/h5,7-8,12,14,17H,3-4,6,9,11,13H2,1-2H3,(H,20,22)/t14-,17+/m1/s1. The first kappa shape index (κ1) is 23.5. The van der Waals surface area contributed by atoms with Crippen LogP contribution in [0.3, 0.4) is 0 Å². The quantitative estimate of drug-likeness (QED) is 0.465. The molecule has 0 bridgehead atoms.